The second kappa shape index (κ2) is 7.79. The molecule has 2 aromatic heterocycles. The number of furan rings is 1. The third-order valence-electron chi connectivity index (χ3n) is 4.13. The zero-order valence-electron chi connectivity index (χ0n) is 15.4. The fraction of sp³-hybridized carbons (Fsp3) is 0.0500. The number of carbonyl (C=O) groups is 2. The van der Waals surface area contributed by atoms with E-state index in [1.807, 2.05) is 0 Å². The Balaban J connectivity index is 1.65. The van der Waals surface area contributed by atoms with Gasteiger partial charge in [-0.25, -0.2) is 13.1 Å². The minimum Gasteiger partial charge on any atom is -0.455 e. The number of hydrogen-bond donors (Lipinski definition) is 2. The monoisotopic (exact) mass is 439 g/mol. The number of nitrogens with zero attached hydrogens (tertiary/aromatic N) is 1. The molecular weight excluding hydrogens is 426 g/mol. The first kappa shape index (κ1) is 19.9. The topological polar surface area (TPSA) is 118 Å². The van der Waals surface area contributed by atoms with Crippen molar-refractivity contribution in [2.24, 2.45) is 0 Å². The van der Waals surface area contributed by atoms with Crippen molar-refractivity contribution in [2.75, 3.05) is 7.05 Å². The molecule has 0 aliphatic carbocycles. The summed E-state index contributed by atoms with van der Waals surface area (Å²) >= 11 is 0.805. The normalized spacial score (nSPS) is 15.3. The summed E-state index contributed by atoms with van der Waals surface area (Å²) in [7, 11) is -2.16. The van der Waals surface area contributed by atoms with E-state index in [0.29, 0.717) is 27.9 Å². The molecule has 1 aromatic carbocycles. The van der Waals surface area contributed by atoms with Crippen LogP contribution in [0.15, 0.2) is 56.9 Å². The highest BCUT2D eigenvalue weighted by Crippen LogP contribution is 2.28. The first-order chi connectivity index (χ1) is 14.4. The van der Waals surface area contributed by atoms with Crippen LogP contribution in [0.2, 0.25) is 0 Å². The number of thioether (sulfide) groups is 1. The highest BCUT2D eigenvalue weighted by atomic mass is 32.2. The Labute approximate surface area is 175 Å². The van der Waals surface area contributed by atoms with Gasteiger partial charge in [-0.15, -0.1) is 0 Å². The fourth-order valence-electron chi connectivity index (χ4n) is 2.67. The van der Waals surface area contributed by atoms with Crippen LogP contribution in [-0.4, -0.2) is 31.6 Å². The molecule has 2 amide bonds. The second-order valence-electron chi connectivity index (χ2n) is 6.09. The Morgan fingerprint density at radius 1 is 1.17 bits per heavy atom. The van der Waals surface area contributed by atoms with Crippen molar-refractivity contribution in [2.45, 2.75) is 4.90 Å². The van der Waals surface area contributed by atoms with E-state index in [-0.39, 0.29) is 9.80 Å². The van der Waals surface area contributed by atoms with Crippen LogP contribution >= 0.6 is 11.8 Å². The Morgan fingerprint density at radius 3 is 2.60 bits per heavy atom. The highest BCUT2D eigenvalue weighted by molar-refractivity contribution is 8.18. The molecule has 1 fully saturated rings. The Hall–Kier alpha value is -3.39. The van der Waals surface area contributed by atoms with E-state index in [1.165, 1.54) is 25.3 Å². The molecular formula is C20H13N3O5S2. The SMILES string of the molecule is CNS(=O)(=O)c1ccc(C#Cc2cncc3cc(/C=C4\SC(=O)NC4=O)oc23)cc1. The van der Waals surface area contributed by atoms with Crippen LogP contribution in [-0.2, 0) is 14.8 Å². The van der Waals surface area contributed by atoms with Crippen LogP contribution in [0.3, 0.4) is 0 Å². The van der Waals surface area contributed by atoms with E-state index in [1.54, 1.807) is 30.6 Å². The number of amides is 2. The van der Waals surface area contributed by atoms with E-state index in [4.69, 9.17) is 4.42 Å². The average Bonchev–Trinajstić information content (AvgIpc) is 3.28. The van der Waals surface area contributed by atoms with E-state index < -0.39 is 21.2 Å². The number of nitrogens with one attached hydrogen (secondary N) is 2. The summed E-state index contributed by atoms with van der Waals surface area (Å²) in [5, 5.41) is 2.45. The summed E-state index contributed by atoms with van der Waals surface area (Å²) in [5.74, 6) is 5.85. The van der Waals surface area contributed by atoms with Gasteiger partial charge in [0.15, 0.2) is 5.58 Å². The number of pyridine rings is 1. The van der Waals surface area contributed by atoms with Crippen LogP contribution in [0.4, 0.5) is 4.79 Å². The van der Waals surface area contributed by atoms with Gasteiger partial charge in [-0.2, -0.15) is 0 Å². The summed E-state index contributed by atoms with van der Waals surface area (Å²) < 4.78 is 31.6. The van der Waals surface area contributed by atoms with Crippen LogP contribution in [0.1, 0.15) is 16.9 Å². The molecule has 0 spiro atoms. The van der Waals surface area contributed by atoms with E-state index in [9.17, 15) is 18.0 Å². The molecule has 0 unspecified atom stereocenters. The van der Waals surface area contributed by atoms with Gasteiger partial charge in [0.1, 0.15) is 5.76 Å². The van der Waals surface area contributed by atoms with Crippen LogP contribution in [0.5, 0.6) is 0 Å². The van der Waals surface area contributed by atoms with Crippen molar-refractivity contribution >= 4 is 50.0 Å². The zero-order valence-corrected chi connectivity index (χ0v) is 17.1. The van der Waals surface area contributed by atoms with Crippen LogP contribution < -0.4 is 10.0 Å². The maximum absolute atomic E-state index is 11.8. The number of hydrogen-bond acceptors (Lipinski definition) is 7. The molecule has 8 nitrogen and oxygen atoms in total. The third kappa shape index (κ3) is 3.99. The first-order valence-electron chi connectivity index (χ1n) is 8.54. The standard InChI is InChI=1S/C20H13N3O5S2/c1-21-30(26,27)16-6-3-12(4-7-16)2-5-13-10-22-11-14-8-15(28-18(13)14)9-17-19(24)23-20(25)29-17/h3-4,6-11,21H,1H3,(H,23,24,25)/b17-9-. The number of carbonyl (C=O) groups excluding carboxylic acids is 2. The van der Waals surface area contributed by atoms with Crippen molar-refractivity contribution < 1.29 is 22.4 Å². The predicted molar refractivity (Wildman–Crippen MR) is 112 cm³/mol. The molecule has 1 saturated heterocycles. The number of rotatable bonds is 3. The van der Waals surface area contributed by atoms with Crippen LogP contribution in [0, 0.1) is 11.8 Å². The van der Waals surface area contributed by atoms with Crippen molar-refractivity contribution in [1.29, 1.82) is 0 Å². The molecule has 0 radical (unpaired) electrons. The van der Waals surface area contributed by atoms with Gasteiger partial charge in [-0.1, -0.05) is 11.8 Å². The fourth-order valence-corrected chi connectivity index (χ4v) is 4.06. The van der Waals surface area contributed by atoms with Crippen molar-refractivity contribution in [3.05, 3.63) is 64.5 Å². The minimum atomic E-state index is -3.51. The largest absolute Gasteiger partial charge is 0.455 e. The van der Waals surface area contributed by atoms with Gasteiger partial charge < -0.3 is 4.42 Å². The van der Waals surface area contributed by atoms with Crippen molar-refractivity contribution in [3.63, 3.8) is 0 Å². The number of sulfonamides is 1. The van der Waals surface area contributed by atoms with E-state index in [2.05, 4.69) is 26.9 Å². The lowest BCUT2D eigenvalue weighted by molar-refractivity contribution is -0.115. The van der Waals surface area contributed by atoms with Gasteiger partial charge in [-0.05, 0) is 49.1 Å². The molecule has 0 atom stereocenters. The zero-order chi connectivity index (χ0) is 21.3. The van der Waals surface area contributed by atoms with Crippen molar-refractivity contribution in [1.82, 2.24) is 15.0 Å². The third-order valence-corrected chi connectivity index (χ3v) is 6.37. The summed E-state index contributed by atoms with van der Waals surface area (Å²) in [4.78, 5) is 27.5. The minimum absolute atomic E-state index is 0.148. The smallest absolute Gasteiger partial charge is 0.290 e. The summed E-state index contributed by atoms with van der Waals surface area (Å²) in [5.41, 5.74) is 1.64. The summed E-state index contributed by atoms with van der Waals surface area (Å²) in [6.45, 7) is 0. The molecule has 1 aliphatic rings. The second-order valence-corrected chi connectivity index (χ2v) is 8.99. The lowest BCUT2D eigenvalue weighted by Gasteiger charge is -2.01. The van der Waals surface area contributed by atoms with Gasteiger partial charge in [0.05, 0.1) is 15.4 Å². The molecule has 150 valence electrons. The Morgan fingerprint density at radius 2 is 1.93 bits per heavy atom. The average molecular weight is 439 g/mol. The number of aromatic nitrogens is 1. The molecule has 2 N–H and O–H groups in total. The van der Waals surface area contributed by atoms with Gasteiger partial charge in [0.2, 0.25) is 10.0 Å². The molecule has 0 saturated carbocycles. The highest BCUT2D eigenvalue weighted by Gasteiger charge is 2.25. The molecule has 10 heteroatoms. The summed E-state index contributed by atoms with van der Waals surface area (Å²) in [6.07, 6.45) is 4.65. The molecule has 1 aliphatic heterocycles. The van der Waals surface area contributed by atoms with Gasteiger partial charge in [-0.3, -0.25) is 19.9 Å². The molecule has 3 aromatic rings. The molecule has 0 bridgehead atoms. The number of fused-ring (bicyclic) bond motifs is 1. The molecule has 30 heavy (non-hydrogen) atoms. The van der Waals surface area contributed by atoms with Gasteiger partial charge >= 0.3 is 0 Å². The van der Waals surface area contributed by atoms with Crippen LogP contribution in [0.25, 0.3) is 17.0 Å². The van der Waals surface area contributed by atoms with Crippen molar-refractivity contribution in [3.8, 4) is 11.8 Å². The van der Waals surface area contributed by atoms with Gasteiger partial charge in [0, 0.05) is 29.4 Å². The molecule has 4 rings (SSSR count). The Bertz CT molecular complexity index is 1380. The molecule has 3 heterocycles. The lowest BCUT2D eigenvalue weighted by Crippen LogP contribution is -2.18. The Kier molecular flexibility index (Phi) is 5.17. The number of imide groups is 1. The lowest BCUT2D eigenvalue weighted by atomic mass is 10.2. The first-order valence-corrected chi connectivity index (χ1v) is 10.8. The van der Waals surface area contributed by atoms with Gasteiger partial charge in [0.25, 0.3) is 11.1 Å². The maximum Gasteiger partial charge on any atom is 0.290 e. The summed E-state index contributed by atoms with van der Waals surface area (Å²) in [6, 6.07) is 7.86. The number of benzene rings is 1. The predicted octanol–water partition coefficient (Wildman–Crippen LogP) is 2.46. The quantitative estimate of drug-likeness (QED) is 0.475. The maximum atomic E-state index is 11.8. The van der Waals surface area contributed by atoms with E-state index >= 15 is 0 Å². The van der Waals surface area contributed by atoms with E-state index in [0.717, 1.165) is 11.8 Å².